The molecule has 11 aromatic rings. The molecule has 0 saturated carbocycles. The van der Waals surface area contributed by atoms with Gasteiger partial charge >= 0.3 is 0 Å². The van der Waals surface area contributed by atoms with Crippen LogP contribution in [-0.4, -0.2) is 8.07 Å². The maximum absolute atomic E-state index is 6.64. The van der Waals surface area contributed by atoms with Gasteiger partial charge in [-0.1, -0.05) is 188 Å². The molecule has 0 spiro atoms. The largest absolute Gasteiger partial charge is 0.458 e. The number of fused-ring (bicyclic) bond motifs is 6. The third-order valence-electron chi connectivity index (χ3n) is 12.6. The minimum atomic E-state index is -2.79. The van der Waals surface area contributed by atoms with E-state index >= 15 is 0 Å². The lowest BCUT2D eigenvalue weighted by Gasteiger charge is -2.39. The zero-order valence-electron chi connectivity index (χ0n) is 33.8. The number of thiophene rings is 1. The Hall–Kier alpha value is -7.50. The summed E-state index contributed by atoms with van der Waals surface area (Å²) in [6.45, 7) is 0. The van der Waals surface area contributed by atoms with Crippen molar-refractivity contribution in [3.8, 4) is 33.8 Å². The number of ether oxygens (including phenoxy) is 1. The van der Waals surface area contributed by atoms with E-state index < -0.39 is 8.07 Å². The van der Waals surface area contributed by atoms with Gasteiger partial charge in [0, 0.05) is 37.2 Å². The van der Waals surface area contributed by atoms with Gasteiger partial charge in [-0.2, -0.15) is 0 Å². The van der Waals surface area contributed by atoms with Crippen molar-refractivity contribution in [2.75, 3.05) is 4.90 Å². The molecule has 4 heteroatoms. The average Bonchev–Trinajstić information content (AvgIpc) is 3.72. The van der Waals surface area contributed by atoms with Crippen LogP contribution in [0.4, 0.5) is 17.1 Å². The Morgan fingerprint density at radius 2 is 0.903 bits per heavy atom. The lowest BCUT2D eigenvalue weighted by Crippen LogP contribution is -2.76. The fourth-order valence-corrected chi connectivity index (χ4v) is 16.0. The quantitative estimate of drug-likeness (QED) is 0.148. The molecule has 2 heterocycles. The molecule has 12 rings (SSSR count). The van der Waals surface area contributed by atoms with Gasteiger partial charge in [0.25, 0.3) is 0 Å². The van der Waals surface area contributed by atoms with Crippen molar-refractivity contribution in [2.45, 2.75) is 0 Å². The minimum Gasteiger partial charge on any atom is -0.458 e. The van der Waals surface area contributed by atoms with Crippen LogP contribution in [0.15, 0.2) is 237 Å². The van der Waals surface area contributed by atoms with E-state index in [4.69, 9.17) is 4.74 Å². The second kappa shape index (κ2) is 14.9. The van der Waals surface area contributed by atoms with Gasteiger partial charge in [-0.15, -0.1) is 11.3 Å². The summed E-state index contributed by atoms with van der Waals surface area (Å²) in [5, 5.41) is 10.3. The number of benzene rings is 10. The summed E-state index contributed by atoms with van der Waals surface area (Å²) in [7, 11) is -2.79. The van der Waals surface area contributed by atoms with Crippen LogP contribution in [0.1, 0.15) is 0 Å². The third-order valence-corrected chi connectivity index (χ3v) is 18.7. The predicted octanol–water partition coefficient (Wildman–Crippen LogP) is 13.5. The average molecular weight is 826 g/mol. The van der Waals surface area contributed by atoms with E-state index in [2.05, 4.69) is 241 Å². The molecule has 0 aliphatic carbocycles. The highest BCUT2D eigenvalue weighted by Gasteiger charge is 2.47. The first-order valence-electron chi connectivity index (χ1n) is 21.2. The Labute approximate surface area is 366 Å². The first-order chi connectivity index (χ1) is 30.7. The summed E-state index contributed by atoms with van der Waals surface area (Å²) in [6, 6.07) is 86.6. The molecule has 0 N–H and O–H groups in total. The Kier molecular flexibility index (Phi) is 8.73. The van der Waals surface area contributed by atoms with Crippen molar-refractivity contribution in [3.05, 3.63) is 237 Å². The van der Waals surface area contributed by atoms with Crippen molar-refractivity contribution >= 4 is 88.2 Å². The zero-order valence-corrected chi connectivity index (χ0v) is 35.6. The van der Waals surface area contributed by atoms with Crippen LogP contribution in [0.25, 0.3) is 53.2 Å². The molecule has 0 unspecified atom stereocenters. The molecule has 1 aliphatic rings. The molecule has 0 amide bonds. The number of nitrogens with zero attached hydrogens (tertiary/aromatic N) is 1. The zero-order chi connectivity index (χ0) is 41.0. The molecule has 2 nitrogen and oxygen atoms in total. The summed E-state index contributed by atoms with van der Waals surface area (Å²) in [6.07, 6.45) is 0. The third kappa shape index (κ3) is 5.83. The lowest BCUT2D eigenvalue weighted by molar-refractivity contribution is 0.487. The molecule has 0 radical (unpaired) electrons. The van der Waals surface area contributed by atoms with Crippen molar-refractivity contribution in [1.82, 2.24) is 0 Å². The molecule has 10 aromatic carbocycles. The fraction of sp³-hybridized carbons (Fsp3) is 0. The first kappa shape index (κ1) is 36.4. The highest BCUT2D eigenvalue weighted by molar-refractivity contribution is 7.26. The number of hydrogen-bond donors (Lipinski definition) is 0. The van der Waals surface area contributed by atoms with E-state index in [0.29, 0.717) is 0 Å². The summed E-state index contributed by atoms with van der Waals surface area (Å²) in [4.78, 5) is 2.42. The van der Waals surface area contributed by atoms with E-state index in [1.807, 2.05) is 11.3 Å². The van der Waals surface area contributed by atoms with Gasteiger partial charge in [-0.05, 0) is 102 Å². The Balaban J connectivity index is 1.03. The van der Waals surface area contributed by atoms with E-state index in [9.17, 15) is 0 Å². The van der Waals surface area contributed by atoms with Gasteiger partial charge in [0.2, 0.25) is 0 Å². The van der Waals surface area contributed by atoms with Crippen LogP contribution in [0.3, 0.4) is 0 Å². The van der Waals surface area contributed by atoms with Gasteiger partial charge < -0.3 is 9.64 Å². The van der Waals surface area contributed by atoms with Crippen molar-refractivity contribution in [1.29, 1.82) is 0 Å². The normalized spacial score (nSPS) is 12.8. The predicted molar refractivity (Wildman–Crippen MR) is 266 cm³/mol. The topological polar surface area (TPSA) is 12.5 Å². The smallest absolute Gasteiger partial charge is 0.188 e. The van der Waals surface area contributed by atoms with Crippen LogP contribution in [0, 0.1) is 0 Å². The van der Waals surface area contributed by atoms with Crippen LogP contribution in [-0.2, 0) is 0 Å². The molecule has 0 saturated heterocycles. The molecule has 1 aromatic heterocycles. The highest BCUT2D eigenvalue weighted by atomic mass is 32.1. The molecule has 0 fully saturated rings. The highest BCUT2D eigenvalue weighted by Crippen LogP contribution is 2.44. The minimum absolute atomic E-state index is 0.936. The second-order valence-electron chi connectivity index (χ2n) is 16.0. The van der Waals surface area contributed by atoms with Gasteiger partial charge in [0.1, 0.15) is 11.5 Å². The van der Waals surface area contributed by atoms with Crippen LogP contribution in [0.5, 0.6) is 11.5 Å². The van der Waals surface area contributed by atoms with E-state index in [1.165, 1.54) is 73.9 Å². The molecule has 292 valence electrons. The molecular formula is C58H39NOSSi. The summed E-state index contributed by atoms with van der Waals surface area (Å²) in [5.74, 6) is 1.87. The maximum atomic E-state index is 6.64. The Morgan fingerprint density at radius 1 is 0.371 bits per heavy atom. The van der Waals surface area contributed by atoms with Crippen molar-refractivity contribution in [3.63, 3.8) is 0 Å². The molecule has 62 heavy (non-hydrogen) atoms. The number of hydrogen-bond acceptors (Lipinski definition) is 3. The monoisotopic (exact) mass is 825 g/mol. The van der Waals surface area contributed by atoms with E-state index in [0.717, 1.165) is 28.6 Å². The fourth-order valence-electron chi connectivity index (χ4n) is 9.82. The number of anilines is 3. The first-order valence-corrected chi connectivity index (χ1v) is 24.0. The van der Waals surface area contributed by atoms with Crippen LogP contribution < -0.4 is 30.4 Å². The summed E-state index contributed by atoms with van der Waals surface area (Å²) < 4.78 is 9.21. The van der Waals surface area contributed by atoms with Gasteiger partial charge in [-0.3, -0.25) is 0 Å². The Morgan fingerprint density at radius 3 is 1.65 bits per heavy atom. The molecule has 0 bridgehead atoms. The number of rotatable bonds is 7. The molecular weight excluding hydrogens is 787 g/mol. The summed E-state index contributed by atoms with van der Waals surface area (Å²) >= 11 is 1.88. The lowest BCUT2D eigenvalue weighted by atomic mass is 9.98. The van der Waals surface area contributed by atoms with Crippen LogP contribution in [0.2, 0.25) is 0 Å². The SMILES string of the molecule is c1ccc(-c2cccc3c2sc2cc(N(c4ccc(-c5cccc6ccccc56)cc4)c4ccc([Si]5(c6ccccc6)c6ccccc6Oc6ccccc65)cc4)ccc23)cc1. The van der Waals surface area contributed by atoms with Gasteiger partial charge in [0.15, 0.2) is 8.07 Å². The summed E-state index contributed by atoms with van der Waals surface area (Å²) in [5.41, 5.74) is 8.26. The standard InChI is InChI=1S/C58H39NOSSi/c1-3-15-41(16-4-1)50-23-14-24-52-51-38-35-45(39-55(51)61-58(50)52)59(43-31-29-42(30-32-43)49-22-13-18-40-17-7-8-21-48(40)49)44-33-36-47(37-34-44)62(46-19-5-2-6-20-46)56-27-11-9-25-53(56)60-54-26-10-12-28-57(54)62/h1-39H. The number of para-hydroxylation sites is 2. The van der Waals surface area contributed by atoms with E-state index in [1.54, 1.807) is 0 Å². The van der Waals surface area contributed by atoms with E-state index in [-0.39, 0.29) is 0 Å². The second-order valence-corrected chi connectivity index (χ2v) is 20.8. The van der Waals surface area contributed by atoms with Gasteiger partial charge in [-0.25, -0.2) is 0 Å². The van der Waals surface area contributed by atoms with Crippen molar-refractivity contribution in [2.24, 2.45) is 0 Å². The maximum Gasteiger partial charge on any atom is 0.188 e. The molecule has 1 aliphatic heterocycles. The molecule has 0 atom stereocenters. The van der Waals surface area contributed by atoms with Crippen molar-refractivity contribution < 1.29 is 4.74 Å². The van der Waals surface area contributed by atoms with Gasteiger partial charge in [0.05, 0.1) is 0 Å². The Bertz CT molecular complexity index is 3380. The van der Waals surface area contributed by atoms with Crippen LogP contribution >= 0.6 is 11.3 Å².